The summed E-state index contributed by atoms with van der Waals surface area (Å²) in [6.07, 6.45) is -0.640. The number of nitrogens with one attached hydrogen (secondary N) is 2. The molecule has 0 unspecified atom stereocenters. The lowest BCUT2D eigenvalue weighted by Crippen LogP contribution is -2.46. The number of ether oxygens (including phenoxy) is 2. The minimum Gasteiger partial charge on any atom is -0.497 e. The van der Waals surface area contributed by atoms with Gasteiger partial charge >= 0.3 is 12.0 Å². The average Bonchev–Trinajstić information content (AvgIpc) is 3.34. The predicted molar refractivity (Wildman–Crippen MR) is 157 cm³/mol. The van der Waals surface area contributed by atoms with E-state index in [-0.39, 0.29) is 5.69 Å². The van der Waals surface area contributed by atoms with Crippen LogP contribution in [0.4, 0.5) is 14.9 Å². The van der Waals surface area contributed by atoms with Crippen molar-refractivity contribution in [1.82, 2.24) is 10.2 Å². The maximum atomic E-state index is 14.1. The molecule has 7 nitrogen and oxygen atoms in total. The summed E-state index contributed by atoms with van der Waals surface area (Å²) in [6, 6.07) is 27.0. The molecular weight excluding hydrogens is 545 g/mol. The Morgan fingerprint density at radius 1 is 0.927 bits per heavy atom. The molecule has 0 aliphatic carbocycles. The molecule has 0 radical (unpaired) electrons. The molecule has 2 amide bonds. The number of esters is 1. The molecule has 4 aromatic carbocycles. The van der Waals surface area contributed by atoms with E-state index in [9.17, 15) is 14.0 Å². The first-order chi connectivity index (χ1) is 19.9. The lowest BCUT2D eigenvalue weighted by molar-refractivity contribution is 0.0277. The number of nitrogens with zero attached hydrogens (tertiary/aromatic N) is 1. The maximum Gasteiger partial charge on any atom is 0.338 e. The third kappa shape index (κ3) is 7.22. The number of anilines is 1. The van der Waals surface area contributed by atoms with Gasteiger partial charge in [-0.05, 0) is 65.2 Å². The van der Waals surface area contributed by atoms with E-state index >= 15 is 0 Å². The van der Waals surface area contributed by atoms with Crippen molar-refractivity contribution in [3.63, 3.8) is 0 Å². The zero-order valence-corrected chi connectivity index (χ0v) is 23.1. The Bertz CT molecular complexity index is 1530. The number of carbonyl (C=O) groups excluding carboxylic acids is 2. The minimum absolute atomic E-state index is 0.0591. The summed E-state index contributed by atoms with van der Waals surface area (Å²) in [6.45, 7) is 1.37. The van der Waals surface area contributed by atoms with Crippen molar-refractivity contribution in [1.29, 1.82) is 0 Å². The number of para-hydroxylation sites is 1. The van der Waals surface area contributed by atoms with E-state index in [0.717, 1.165) is 22.4 Å². The molecule has 210 valence electrons. The van der Waals surface area contributed by atoms with Crippen molar-refractivity contribution >= 4 is 29.3 Å². The van der Waals surface area contributed by atoms with Crippen molar-refractivity contribution in [2.45, 2.75) is 18.7 Å². The molecule has 2 atom stereocenters. The number of urea groups is 1. The number of carbonyl (C=O) groups is 2. The van der Waals surface area contributed by atoms with Crippen LogP contribution in [0.2, 0.25) is 5.02 Å². The lowest BCUT2D eigenvalue weighted by atomic mass is 10.0. The van der Waals surface area contributed by atoms with E-state index in [1.807, 2.05) is 42.5 Å². The molecule has 1 aliphatic heterocycles. The van der Waals surface area contributed by atoms with E-state index < -0.39 is 30.0 Å². The Kier molecular flexibility index (Phi) is 8.82. The van der Waals surface area contributed by atoms with Crippen molar-refractivity contribution in [2.75, 3.05) is 25.5 Å². The van der Waals surface area contributed by atoms with Gasteiger partial charge in [0.25, 0.3) is 0 Å². The van der Waals surface area contributed by atoms with Gasteiger partial charge in [-0.2, -0.15) is 0 Å². The molecule has 4 aromatic rings. The van der Waals surface area contributed by atoms with Crippen molar-refractivity contribution in [3.8, 4) is 16.9 Å². The molecule has 5 rings (SSSR count). The first kappa shape index (κ1) is 28.1. The molecule has 0 spiro atoms. The SMILES string of the molecule is COc1cccc(CN2C[C@H](NC(=O)Nc3ccccc3F)[C@@H](OC(=O)c3cccc(-c4ccc(Cl)cc4)c3)C2)c1. The summed E-state index contributed by atoms with van der Waals surface area (Å²) >= 11 is 6.02. The van der Waals surface area contributed by atoms with Gasteiger partial charge < -0.3 is 20.1 Å². The molecule has 1 aliphatic rings. The summed E-state index contributed by atoms with van der Waals surface area (Å²) in [5, 5.41) is 6.04. The number of benzene rings is 4. The highest BCUT2D eigenvalue weighted by atomic mass is 35.5. The van der Waals surface area contributed by atoms with Gasteiger partial charge in [0.05, 0.1) is 24.4 Å². The van der Waals surface area contributed by atoms with Crippen LogP contribution >= 0.6 is 11.6 Å². The quantitative estimate of drug-likeness (QED) is 0.239. The third-order valence-corrected chi connectivity index (χ3v) is 7.11. The Hall–Kier alpha value is -4.40. The Balaban J connectivity index is 1.32. The number of likely N-dealkylation sites (tertiary alicyclic amines) is 1. The number of rotatable bonds is 8. The van der Waals surface area contributed by atoms with Crippen molar-refractivity contribution < 1.29 is 23.5 Å². The van der Waals surface area contributed by atoms with Crippen LogP contribution in [0.3, 0.4) is 0 Å². The highest BCUT2D eigenvalue weighted by molar-refractivity contribution is 6.30. The Labute approximate surface area is 242 Å². The van der Waals surface area contributed by atoms with Gasteiger partial charge in [0.2, 0.25) is 0 Å². The largest absolute Gasteiger partial charge is 0.497 e. The van der Waals surface area contributed by atoms with Gasteiger partial charge in [0.1, 0.15) is 17.7 Å². The van der Waals surface area contributed by atoms with E-state index in [0.29, 0.717) is 30.2 Å². The van der Waals surface area contributed by atoms with E-state index in [1.165, 1.54) is 12.1 Å². The van der Waals surface area contributed by atoms with Crippen LogP contribution < -0.4 is 15.4 Å². The molecule has 9 heteroatoms. The van der Waals surface area contributed by atoms with Crippen molar-refractivity contribution in [3.05, 3.63) is 119 Å². The van der Waals surface area contributed by atoms with Gasteiger partial charge in [0, 0.05) is 24.7 Å². The second-order valence-electron chi connectivity index (χ2n) is 9.76. The monoisotopic (exact) mass is 573 g/mol. The lowest BCUT2D eigenvalue weighted by Gasteiger charge is -2.21. The summed E-state index contributed by atoms with van der Waals surface area (Å²) in [5.74, 6) is -0.309. The summed E-state index contributed by atoms with van der Waals surface area (Å²) in [4.78, 5) is 28.2. The van der Waals surface area contributed by atoms with Crippen molar-refractivity contribution in [2.24, 2.45) is 0 Å². The van der Waals surface area contributed by atoms with Crippen LogP contribution in [0.1, 0.15) is 15.9 Å². The second-order valence-corrected chi connectivity index (χ2v) is 10.2. The second kappa shape index (κ2) is 12.8. The number of hydrogen-bond acceptors (Lipinski definition) is 5. The standard InChI is InChI=1S/C32H29ClFN3O4/c1-40-26-9-4-6-21(16-26)18-37-19-29(36-32(39)35-28-11-3-2-10-27(28)34)30(20-37)41-31(38)24-8-5-7-23(17-24)22-12-14-25(33)15-13-22/h2-17,29-30H,18-20H2,1H3,(H2,35,36,39)/t29-,30-/m0/s1. The number of methoxy groups -OCH3 is 1. The fourth-order valence-electron chi connectivity index (χ4n) is 4.83. The van der Waals surface area contributed by atoms with Crippen LogP contribution in [-0.2, 0) is 11.3 Å². The summed E-state index contributed by atoms with van der Waals surface area (Å²) in [7, 11) is 1.61. The Morgan fingerprint density at radius 3 is 2.49 bits per heavy atom. The molecule has 0 bridgehead atoms. The van der Waals surface area contributed by atoms with Gasteiger partial charge in [-0.1, -0.05) is 60.1 Å². The number of amides is 2. The van der Waals surface area contributed by atoms with Crippen LogP contribution in [0.25, 0.3) is 11.1 Å². The molecule has 0 aromatic heterocycles. The summed E-state index contributed by atoms with van der Waals surface area (Å²) in [5.41, 5.74) is 3.23. The average molecular weight is 574 g/mol. The minimum atomic E-state index is -0.640. The zero-order valence-electron chi connectivity index (χ0n) is 22.3. The normalized spacial score (nSPS) is 16.7. The first-order valence-corrected chi connectivity index (χ1v) is 13.5. The Morgan fingerprint density at radius 2 is 1.71 bits per heavy atom. The molecule has 1 heterocycles. The van der Waals surface area contributed by atoms with Crippen LogP contribution in [0.15, 0.2) is 97.1 Å². The predicted octanol–water partition coefficient (Wildman–Crippen LogP) is 6.39. The van der Waals surface area contributed by atoms with E-state index in [4.69, 9.17) is 21.1 Å². The molecule has 1 saturated heterocycles. The van der Waals surface area contributed by atoms with Gasteiger partial charge in [0.15, 0.2) is 0 Å². The number of halogens is 2. The molecule has 2 N–H and O–H groups in total. The number of hydrogen-bond donors (Lipinski definition) is 2. The fourth-order valence-corrected chi connectivity index (χ4v) is 4.96. The smallest absolute Gasteiger partial charge is 0.338 e. The van der Waals surface area contributed by atoms with E-state index in [1.54, 1.807) is 49.6 Å². The topological polar surface area (TPSA) is 79.9 Å². The first-order valence-electron chi connectivity index (χ1n) is 13.1. The molecule has 41 heavy (non-hydrogen) atoms. The van der Waals surface area contributed by atoms with Crippen LogP contribution in [0, 0.1) is 5.82 Å². The van der Waals surface area contributed by atoms with Gasteiger partial charge in [-0.15, -0.1) is 0 Å². The third-order valence-electron chi connectivity index (χ3n) is 6.85. The fraction of sp³-hybridized carbons (Fsp3) is 0.188. The zero-order chi connectivity index (χ0) is 28.8. The summed E-state index contributed by atoms with van der Waals surface area (Å²) < 4.78 is 25.4. The molecule has 1 fully saturated rings. The van der Waals surface area contributed by atoms with Gasteiger partial charge in [-0.25, -0.2) is 14.0 Å². The van der Waals surface area contributed by atoms with Crippen LogP contribution in [0.5, 0.6) is 5.75 Å². The van der Waals surface area contributed by atoms with E-state index in [2.05, 4.69) is 15.5 Å². The molecular formula is C32H29ClFN3O4. The molecule has 0 saturated carbocycles. The highest BCUT2D eigenvalue weighted by Gasteiger charge is 2.37. The van der Waals surface area contributed by atoms with Gasteiger partial charge in [-0.3, -0.25) is 4.90 Å². The van der Waals surface area contributed by atoms with Crippen LogP contribution in [-0.4, -0.2) is 49.2 Å². The maximum absolute atomic E-state index is 14.1. The highest BCUT2D eigenvalue weighted by Crippen LogP contribution is 2.25.